The first-order chi connectivity index (χ1) is 8.15. The molecule has 0 heterocycles. The van der Waals surface area contributed by atoms with Crippen molar-refractivity contribution in [2.75, 3.05) is 5.32 Å². The van der Waals surface area contributed by atoms with Crippen LogP contribution >= 0.6 is 0 Å². The van der Waals surface area contributed by atoms with E-state index in [-0.39, 0.29) is 11.4 Å². The Hall–Kier alpha value is -2.56. The molecule has 0 aliphatic carbocycles. The maximum Gasteiger partial charge on any atom is 0.269 e. The zero-order valence-corrected chi connectivity index (χ0v) is 8.83. The van der Waals surface area contributed by atoms with Gasteiger partial charge in [0.25, 0.3) is 5.69 Å². The summed E-state index contributed by atoms with van der Waals surface area (Å²) in [6.07, 6.45) is 0. The average molecular weight is 230 g/mol. The molecule has 2 aromatic carbocycles. The molecule has 0 fully saturated rings. The van der Waals surface area contributed by atoms with Crippen LogP contribution in [0.25, 0.3) is 0 Å². The van der Waals surface area contributed by atoms with E-state index in [9.17, 15) is 10.1 Å². The molecular weight excluding hydrogens is 220 g/mol. The largest absolute Gasteiger partial charge is 0.508 e. The molecule has 0 saturated carbocycles. The normalized spacial score (nSPS) is 9.88. The van der Waals surface area contributed by atoms with Crippen LogP contribution in [-0.2, 0) is 0 Å². The van der Waals surface area contributed by atoms with Crippen LogP contribution in [-0.4, -0.2) is 10.0 Å². The Kier molecular flexibility index (Phi) is 2.91. The van der Waals surface area contributed by atoms with Gasteiger partial charge in [0, 0.05) is 23.5 Å². The fourth-order valence-electron chi connectivity index (χ4n) is 1.38. The molecule has 86 valence electrons. The SMILES string of the molecule is O=[N+]([O-])c1ccc(Nc2ccc(O)cc2)cc1. The molecule has 0 aromatic heterocycles. The van der Waals surface area contributed by atoms with Crippen LogP contribution in [0.15, 0.2) is 48.5 Å². The molecule has 2 rings (SSSR count). The third-order valence-corrected chi connectivity index (χ3v) is 2.23. The highest BCUT2D eigenvalue weighted by Gasteiger charge is 2.03. The summed E-state index contributed by atoms with van der Waals surface area (Å²) in [5, 5.41) is 22.6. The van der Waals surface area contributed by atoms with Gasteiger partial charge >= 0.3 is 0 Å². The average Bonchev–Trinajstić information content (AvgIpc) is 2.33. The number of hydrogen-bond donors (Lipinski definition) is 2. The number of aromatic hydroxyl groups is 1. The minimum absolute atomic E-state index is 0.0567. The smallest absolute Gasteiger partial charge is 0.269 e. The monoisotopic (exact) mass is 230 g/mol. The maximum absolute atomic E-state index is 10.5. The molecule has 0 amide bonds. The summed E-state index contributed by atoms with van der Waals surface area (Å²) >= 11 is 0. The van der Waals surface area contributed by atoms with Gasteiger partial charge in [-0.05, 0) is 36.4 Å². The lowest BCUT2D eigenvalue weighted by molar-refractivity contribution is -0.384. The number of rotatable bonds is 3. The van der Waals surface area contributed by atoms with E-state index in [1.165, 1.54) is 12.1 Å². The first kappa shape index (κ1) is 10.9. The fourth-order valence-corrected chi connectivity index (χ4v) is 1.38. The minimum atomic E-state index is -0.440. The van der Waals surface area contributed by atoms with Gasteiger partial charge in [-0.15, -0.1) is 0 Å². The van der Waals surface area contributed by atoms with Crippen molar-refractivity contribution >= 4 is 17.1 Å². The lowest BCUT2D eigenvalue weighted by Crippen LogP contribution is -1.91. The fraction of sp³-hybridized carbons (Fsp3) is 0. The molecule has 0 radical (unpaired) electrons. The van der Waals surface area contributed by atoms with Gasteiger partial charge in [0.15, 0.2) is 0 Å². The molecule has 2 N–H and O–H groups in total. The van der Waals surface area contributed by atoms with Crippen molar-refractivity contribution in [3.8, 4) is 5.75 Å². The summed E-state index contributed by atoms with van der Waals surface area (Å²) in [7, 11) is 0. The number of hydrogen-bond acceptors (Lipinski definition) is 4. The molecule has 5 nitrogen and oxygen atoms in total. The Morgan fingerprint density at radius 3 is 1.88 bits per heavy atom. The van der Waals surface area contributed by atoms with E-state index >= 15 is 0 Å². The van der Waals surface area contributed by atoms with Crippen molar-refractivity contribution in [3.63, 3.8) is 0 Å². The van der Waals surface area contributed by atoms with Crippen LogP contribution in [0.1, 0.15) is 0 Å². The highest BCUT2D eigenvalue weighted by atomic mass is 16.6. The predicted octanol–water partition coefficient (Wildman–Crippen LogP) is 3.04. The molecular formula is C12H10N2O3. The van der Waals surface area contributed by atoms with E-state index in [1.807, 2.05) is 0 Å². The molecule has 0 spiro atoms. The number of anilines is 2. The number of nitrogens with zero attached hydrogens (tertiary/aromatic N) is 1. The second kappa shape index (κ2) is 4.52. The van der Waals surface area contributed by atoms with Crippen molar-refractivity contribution in [3.05, 3.63) is 58.6 Å². The van der Waals surface area contributed by atoms with Crippen molar-refractivity contribution < 1.29 is 10.0 Å². The Morgan fingerprint density at radius 1 is 0.941 bits per heavy atom. The highest BCUT2D eigenvalue weighted by Crippen LogP contribution is 2.21. The van der Waals surface area contributed by atoms with E-state index in [2.05, 4.69) is 5.32 Å². The summed E-state index contributed by atoms with van der Waals surface area (Å²) in [5.41, 5.74) is 1.61. The number of benzene rings is 2. The van der Waals surface area contributed by atoms with E-state index in [4.69, 9.17) is 5.11 Å². The number of nitro groups is 1. The number of phenolic OH excluding ortho intramolecular Hbond substituents is 1. The first-order valence-electron chi connectivity index (χ1n) is 4.96. The minimum Gasteiger partial charge on any atom is -0.508 e. The van der Waals surface area contributed by atoms with Crippen molar-refractivity contribution in [1.82, 2.24) is 0 Å². The second-order valence-corrected chi connectivity index (χ2v) is 3.48. The number of nitro benzene ring substituents is 1. The van der Waals surface area contributed by atoms with Crippen LogP contribution in [0.3, 0.4) is 0 Å². The van der Waals surface area contributed by atoms with E-state index in [0.29, 0.717) is 0 Å². The number of non-ortho nitro benzene ring substituents is 1. The third-order valence-electron chi connectivity index (χ3n) is 2.23. The van der Waals surface area contributed by atoms with Crippen LogP contribution < -0.4 is 5.32 Å². The van der Waals surface area contributed by atoms with E-state index in [1.54, 1.807) is 36.4 Å². The van der Waals surface area contributed by atoms with Crippen molar-refractivity contribution in [1.29, 1.82) is 0 Å². The lowest BCUT2D eigenvalue weighted by atomic mass is 10.2. The summed E-state index contributed by atoms with van der Waals surface area (Å²) < 4.78 is 0. The van der Waals surface area contributed by atoms with Gasteiger partial charge in [0.2, 0.25) is 0 Å². The topological polar surface area (TPSA) is 75.4 Å². The van der Waals surface area contributed by atoms with Gasteiger partial charge in [0.1, 0.15) is 5.75 Å². The molecule has 2 aromatic rings. The molecule has 0 unspecified atom stereocenters. The molecule has 5 heteroatoms. The molecule has 0 aliphatic heterocycles. The van der Waals surface area contributed by atoms with Crippen molar-refractivity contribution in [2.45, 2.75) is 0 Å². The molecule has 0 saturated heterocycles. The number of nitrogens with one attached hydrogen (secondary N) is 1. The first-order valence-corrected chi connectivity index (χ1v) is 4.96. The lowest BCUT2D eigenvalue weighted by Gasteiger charge is -2.05. The van der Waals surface area contributed by atoms with Gasteiger partial charge in [-0.2, -0.15) is 0 Å². The second-order valence-electron chi connectivity index (χ2n) is 3.48. The third kappa shape index (κ3) is 2.72. The Balaban J connectivity index is 2.13. The van der Waals surface area contributed by atoms with E-state index < -0.39 is 4.92 Å². The Bertz CT molecular complexity index is 520. The quantitative estimate of drug-likeness (QED) is 0.482. The predicted molar refractivity (Wildman–Crippen MR) is 64.5 cm³/mol. The number of phenols is 1. The van der Waals surface area contributed by atoms with Gasteiger partial charge < -0.3 is 10.4 Å². The summed E-state index contributed by atoms with van der Waals surface area (Å²) in [6.45, 7) is 0. The van der Waals surface area contributed by atoms with Gasteiger partial charge in [0.05, 0.1) is 4.92 Å². The molecule has 0 bridgehead atoms. The Labute approximate surface area is 97.5 Å². The van der Waals surface area contributed by atoms with E-state index in [0.717, 1.165) is 11.4 Å². The van der Waals surface area contributed by atoms with Gasteiger partial charge in [-0.25, -0.2) is 0 Å². The zero-order valence-electron chi connectivity index (χ0n) is 8.83. The summed E-state index contributed by atoms with van der Waals surface area (Å²) in [5.74, 6) is 0.194. The van der Waals surface area contributed by atoms with Crippen LogP contribution in [0, 0.1) is 10.1 Å². The summed E-state index contributed by atoms with van der Waals surface area (Å²) in [6, 6.07) is 12.7. The van der Waals surface area contributed by atoms with Crippen LogP contribution in [0.4, 0.5) is 17.1 Å². The summed E-state index contributed by atoms with van der Waals surface area (Å²) in [4.78, 5) is 10.0. The highest BCUT2D eigenvalue weighted by molar-refractivity contribution is 5.61. The molecule has 0 atom stereocenters. The molecule has 17 heavy (non-hydrogen) atoms. The van der Waals surface area contributed by atoms with Crippen molar-refractivity contribution in [2.24, 2.45) is 0 Å². The maximum atomic E-state index is 10.5. The van der Waals surface area contributed by atoms with Crippen LogP contribution in [0.2, 0.25) is 0 Å². The molecule has 0 aliphatic rings. The standard InChI is InChI=1S/C12H10N2O3/c15-12-7-3-10(4-8-12)13-9-1-5-11(6-2-9)14(16)17/h1-8,13,15H. The van der Waals surface area contributed by atoms with Gasteiger partial charge in [-0.3, -0.25) is 10.1 Å². The zero-order chi connectivity index (χ0) is 12.3. The van der Waals surface area contributed by atoms with Crippen LogP contribution in [0.5, 0.6) is 5.75 Å². The Morgan fingerprint density at radius 2 is 1.41 bits per heavy atom. The van der Waals surface area contributed by atoms with Gasteiger partial charge in [-0.1, -0.05) is 0 Å².